The van der Waals surface area contributed by atoms with Crippen molar-refractivity contribution in [2.45, 2.75) is 56.8 Å². The monoisotopic (exact) mass is 419 g/mol. The Morgan fingerprint density at radius 1 is 1.03 bits per heavy atom. The van der Waals surface area contributed by atoms with Crippen molar-refractivity contribution in [1.29, 1.82) is 0 Å². The molecule has 2 aromatic heterocycles. The first-order valence-electron chi connectivity index (χ1n) is 11.2. The zero-order valence-corrected chi connectivity index (χ0v) is 18.3. The lowest BCUT2D eigenvalue weighted by Gasteiger charge is -2.33. The molecule has 7 heteroatoms. The number of nitrogens with one attached hydrogen (secondary N) is 1. The third kappa shape index (κ3) is 3.51. The minimum Gasteiger partial charge on any atom is -0.497 e. The average Bonchev–Trinajstić information content (AvgIpc) is 3.51. The Morgan fingerprint density at radius 2 is 1.87 bits per heavy atom. The van der Waals surface area contributed by atoms with Gasteiger partial charge in [0.2, 0.25) is 5.82 Å². The number of methoxy groups -OCH3 is 2. The molecule has 1 N–H and O–H groups in total. The van der Waals surface area contributed by atoms with Crippen LogP contribution < -0.4 is 4.74 Å². The summed E-state index contributed by atoms with van der Waals surface area (Å²) in [5.74, 6) is 1.45. The number of aromatic amines is 1. The third-order valence-corrected chi connectivity index (χ3v) is 6.89. The predicted octanol–water partition coefficient (Wildman–Crippen LogP) is 4.27. The normalized spacial score (nSPS) is 17.5. The van der Waals surface area contributed by atoms with Crippen molar-refractivity contribution in [2.75, 3.05) is 20.8 Å². The molecule has 2 heterocycles. The van der Waals surface area contributed by atoms with Gasteiger partial charge in [0, 0.05) is 18.2 Å². The molecule has 162 valence electrons. The molecular weight excluding hydrogens is 390 g/mol. The molecule has 0 unspecified atom stereocenters. The first kappa shape index (κ1) is 20.1. The highest BCUT2D eigenvalue weighted by atomic mass is 16.5. The van der Waals surface area contributed by atoms with E-state index in [1.54, 1.807) is 14.2 Å². The summed E-state index contributed by atoms with van der Waals surface area (Å²) >= 11 is 0. The van der Waals surface area contributed by atoms with Crippen LogP contribution in [0.5, 0.6) is 5.75 Å². The van der Waals surface area contributed by atoms with Crippen molar-refractivity contribution >= 4 is 0 Å². The van der Waals surface area contributed by atoms with Crippen molar-refractivity contribution in [1.82, 2.24) is 25.6 Å². The molecule has 2 aliphatic carbocycles. The number of nitrogens with zero attached hydrogens (tertiary/aromatic N) is 4. The number of hydrogen-bond acceptors (Lipinski definition) is 6. The summed E-state index contributed by atoms with van der Waals surface area (Å²) in [4.78, 5) is 5.34. The Morgan fingerprint density at radius 3 is 2.61 bits per heavy atom. The zero-order valence-electron chi connectivity index (χ0n) is 18.3. The van der Waals surface area contributed by atoms with E-state index in [1.165, 1.54) is 42.5 Å². The number of benzene rings is 1. The summed E-state index contributed by atoms with van der Waals surface area (Å²) < 4.78 is 11.3. The van der Waals surface area contributed by atoms with Crippen molar-refractivity contribution in [3.05, 3.63) is 41.2 Å². The Bertz CT molecular complexity index is 1060. The number of ether oxygens (including phenoxy) is 2. The largest absolute Gasteiger partial charge is 0.497 e. The highest BCUT2D eigenvalue weighted by Crippen LogP contribution is 2.48. The highest BCUT2D eigenvalue weighted by Gasteiger charge is 2.42. The van der Waals surface area contributed by atoms with E-state index in [9.17, 15) is 0 Å². The number of tetrazole rings is 1. The van der Waals surface area contributed by atoms with E-state index in [2.05, 4.69) is 32.8 Å². The van der Waals surface area contributed by atoms with E-state index in [-0.39, 0.29) is 5.41 Å². The van der Waals surface area contributed by atoms with E-state index >= 15 is 0 Å². The number of rotatable bonds is 6. The van der Waals surface area contributed by atoms with Crippen LogP contribution in [0.15, 0.2) is 24.3 Å². The van der Waals surface area contributed by atoms with Crippen LogP contribution in [-0.2, 0) is 23.0 Å². The third-order valence-electron chi connectivity index (χ3n) is 6.89. The standard InChI is InChI=1S/C24H29N5O2/c1-30-15-24(12-5-6-13-24)22-21(23-26-28-29-27-23)20(16-8-7-9-17(14-16)31-2)18-10-3-4-11-19(18)25-22/h7-9,14H,3-6,10-13,15H2,1-2H3,(H,26,27,28,29). The minimum atomic E-state index is -0.120. The molecule has 0 aliphatic heterocycles. The van der Waals surface area contributed by atoms with Gasteiger partial charge >= 0.3 is 0 Å². The van der Waals surface area contributed by atoms with Crippen LogP contribution in [0.2, 0.25) is 0 Å². The van der Waals surface area contributed by atoms with Gasteiger partial charge in [-0.05, 0) is 72.6 Å². The number of hydrogen-bond donors (Lipinski definition) is 1. The fourth-order valence-corrected chi connectivity index (χ4v) is 5.49. The first-order valence-corrected chi connectivity index (χ1v) is 11.2. The van der Waals surface area contributed by atoms with Crippen molar-refractivity contribution < 1.29 is 9.47 Å². The molecule has 2 aliphatic rings. The van der Waals surface area contributed by atoms with Gasteiger partial charge in [-0.1, -0.05) is 25.0 Å². The molecule has 1 aromatic carbocycles. The second-order valence-corrected chi connectivity index (χ2v) is 8.73. The number of pyridine rings is 1. The second kappa shape index (κ2) is 8.38. The van der Waals surface area contributed by atoms with Gasteiger partial charge in [0.25, 0.3) is 0 Å². The Kier molecular flexibility index (Phi) is 5.44. The zero-order chi connectivity index (χ0) is 21.3. The average molecular weight is 420 g/mol. The lowest BCUT2D eigenvalue weighted by molar-refractivity contribution is 0.129. The molecular formula is C24H29N5O2. The number of aromatic nitrogens is 5. The first-order chi connectivity index (χ1) is 15.3. The maximum Gasteiger partial charge on any atom is 0.207 e. The molecule has 0 amide bonds. The predicted molar refractivity (Wildman–Crippen MR) is 118 cm³/mol. The van der Waals surface area contributed by atoms with Gasteiger partial charge in [-0.2, -0.15) is 5.21 Å². The van der Waals surface area contributed by atoms with Gasteiger partial charge in [-0.3, -0.25) is 4.98 Å². The van der Waals surface area contributed by atoms with E-state index in [0.29, 0.717) is 12.4 Å². The second-order valence-electron chi connectivity index (χ2n) is 8.73. The van der Waals surface area contributed by atoms with Gasteiger partial charge in [0.1, 0.15) is 5.75 Å². The highest BCUT2D eigenvalue weighted by molar-refractivity contribution is 5.86. The molecule has 31 heavy (non-hydrogen) atoms. The summed E-state index contributed by atoms with van der Waals surface area (Å²) in [6.45, 7) is 0.654. The molecule has 0 spiro atoms. The molecule has 1 fully saturated rings. The quantitative estimate of drug-likeness (QED) is 0.642. The fourth-order valence-electron chi connectivity index (χ4n) is 5.49. The van der Waals surface area contributed by atoms with Gasteiger partial charge in [0.05, 0.1) is 25.0 Å². The topological polar surface area (TPSA) is 85.8 Å². The van der Waals surface area contributed by atoms with E-state index in [1.807, 2.05) is 12.1 Å². The van der Waals surface area contributed by atoms with Crippen molar-refractivity contribution in [2.24, 2.45) is 0 Å². The summed E-state index contributed by atoms with van der Waals surface area (Å²) in [6, 6.07) is 8.28. The fraction of sp³-hybridized carbons (Fsp3) is 0.500. The summed E-state index contributed by atoms with van der Waals surface area (Å²) in [5, 5.41) is 15.4. The van der Waals surface area contributed by atoms with Crippen LogP contribution >= 0.6 is 0 Å². The van der Waals surface area contributed by atoms with Crippen LogP contribution in [0.25, 0.3) is 22.5 Å². The number of aryl methyl sites for hydroxylation is 1. The molecule has 1 saturated carbocycles. The maximum absolute atomic E-state index is 5.76. The van der Waals surface area contributed by atoms with Crippen LogP contribution in [0.4, 0.5) is 0 Å². The van der Waals surface area contributed by atoms with Crippen LogP contribution in [0, 0.1) is 0 Å². The molecule has 0 radical (unpaired) electrons. The molecule has 0 atom stereocenters. The Hall–Kier alpha value is -2.80. The SMILES string of the molecule is COCC1(c2nc3c(c(-c4cccc(OC)c4)c2-c2nn[nH]n2)CCCC3)CCCC1. The van der Waals surface area contributed by atoms with Crippen molar-refractivity contribution in [3.8, 4) is 28.3 Å². The van der Waals surface area contributed by atoms with Gasteiger partial charge in [-0.25, -0.2) is 0 Å². The van der Waals surface area contributed by atoms with Gasteiger partial charge in [-0.15, -0.1) is 10.2 Å². The van der Waals surface area contributed by atoms with Crippen LogP contribution in [0.3, 0.4) is 0 Å². The summed E-state index contributed by atoms with van der Waals surface area (Å²) in [5.41, 5.74) is 6.79. The van der Waals surface area contributed by atoms with Gasteiger partial charge in [0.15, 0.2) is 0 Å². The number of H-pyrrole nitrogens is 1. The Labute approximate surface area is 182 Å². The van der Waals surface area contributed by atoms with E-state index in [0.717, 1.165) is 48.3 Å². The molecule has 3 aromatic rings. The molecule has 7 nitrogen and oxygen atoms in total. The lowest BCUT2D eigenvalue weighted by Crippen LogP contribution is -2.31. The summed E-state index contributed by atoms with van der Waals surface area (Å²) in [6.07, 6.45) is 8.86. The Balaban J connectivity index is 1.85. The lowest BCUT2D eigenvalue weighted by atomic mass is 9.76. The van der Waals surface area contributed by atoms with Crippen LogP contribution in [-0.4, -0.2) is 46.4 Å². The molecule has 0 bridgehead atoms. The number of fused-ring (bicyclic) bond motifs is 1. The smallest absolute Gasteiger partial charge is 0.207 e. The maximum atomic E-state index is 5.76. The van der Waals surface area contributed by atoms with E-state index in [4.69, 9.17) is 14.5 Å². The van der Waals surface area contributed by atoms with E-state index < -0.39 is 0 Å². The minimum absolute atomic E-state index is 0.120. The van der Waals surface area contributed by atoms with Crippen molar-refractivity contribution in [3.63, 3.8) is 0 Å². The summed E-state index contributed by atoms with van der Waals surface area (Å²) in [7, 11) is 3.49. The molecule has 5 rings (SSSR count). The van der Waals surface area contributed by atoms with Gasteiger partial charge < -0.3 is 9.47 Å². The molecule has 0 saturated heterocycles. The van der Waals surface area contributed by atoms with Crippen LogP contribution in [0.1, 0.15) is 55.5 Å².